The number of aliphatic hydroxyl groups excluding tert-OH is 1. The van der Waals surface area contributed by atoms with Crippen LogP contribution in [-0.4, -0.2) is 35.0 Å². The van der Waals surface area contributed by atoms with E-state index in [1.54, 1.807) is 5.51 Å². The molecule has 1 aromatic heterocycles. The second-order valence-corrected chi connectivity index (χ2v) is 3.24. The van der Waals surface area contributed by atoms with Gasteiger partial charge in [-0.25, -0.2) is 0 Å². The van der Waals surface area contributed by atoms with E-state index >= 15 is 0 Å². The van der Waals surface area contributed by atoms with Gasteiger partial charge < -0.3 is 10.0 Å². The van der Waals surface area contributed by atoms with E-state index in [4.69, 9.17) is 5.11 Å². The van der Waals surface area contributed by atoms with Crippen LogP contribution in [0.2, 0.25) is 0 Å². The number of hydrogen-bond acceptors (Lipinski definition) is 5. The minimum absolute atomic E-state index is 0.166. The Morgan fingerprint density at radius 2 is 2.42 bits per heavy atom. The molecule has 0 aliphatic carbocycles. The molecule has 4 nitrogen and oxygen atoms in total. The molecule has 0 atom stereocenters. The van der Waals surface area contributed by atoms with Gasteiger partial charge in [-0.1, -0.05) is 18.3 Å². The lowest BCUT2D eigenvalue weighted by Crippen LogP contribution is -2.27. The zero-order chi connectivity index (χ0) is 8.81. The molecule has 0 unspecified atom stereocenters. The van der Waals surface area contributed by atoms with Crippen molar-refractivity contribution in [3.63, 3.8) is 0 Å². The van der Waals surface area contributed by atoms with Gasteiger partial charge in [-0.3, -0.25) is 0 Å². The smallest absolute Gasteiger partial charge is 0.208 e. The number of hydrogen-bond donors (Lipinski definition) is 1. The van der Waals surface area contributed by atoms with E-state index in [2.05, 4.69) is 17.1 Å². The molecular formula is C7H13N3OS. The van der Waals surface area contributed by atoms with Gasteiger partial charge in [0.2, 0.25) is 5.13 Å². The highest BCUT2D eigenvalue weighted by molar-refractivity contribution is 7.13. The molecule has 0 saturated heterocycles. The molecule has 0 saturated carbocycles. The summed E-state index contributed by atoms with van der Waals surface area (Å²) in [5.74, 6) is 0. The van der Waals surface area contributed by atoms with Crippen LogP contribution in [0.4, 0.5) is 5.13 Å². The predicted molar refractivity (Wildman–Crippen MR) is 49.5 cm³/mol. The number of nitrogens with zero attached hydrogens (tertiary/aromatic N) is 3. The first-order chi connectivity index (χ1) is 5.88. The summed E-state index contributed by atoms with van der Waals surface area (Å²) in [7, 11) is 0. The third-order valence-corrected chi connectivity index (χ3v) is 2.23. The molecule has 68 valence electrons. The topological polar surface area (TPSA) is 49.2 Å². The predicted octanol–water partition coefficient (Wildman–Crippen LogP) is 0.747. The lowest BCUT2D eigenvalue weighted by Gasteiger charge is -2.18. The summed E-state index contributed by atoms with van der Waals surface area (Å²) in [5.41, 5.74) is 1.70. The molecular weight excluding hydrogens is 174 g/mol. The molecule has 0 radical (unpaired) electrons. The lowest BCUT2D eigenvalue weighted by atomic mass is 10.4. The number of anilines is 1. The first kappa shape index (κ1) is 9.41. The van der Waals surface area contributed by atoms with Crippen LogP contribution in [0.1, 0.15) is 13.3 Å². The highest BCUT2D eigenvalue weighted by Gasteiger charge is 2.06. The van der Waals surface area contributed by atoms with Crippen molar-refractivity contribution in [2.24, 2.45) is 0 Å². The van der Waals surface area contributed by atoms with Gasteiger partial charge >= 0.3 is 0 Å². The van der Waals surface area contributed by atoms with Crippen LogP contribution in [0.15, 0.2) is 5.51 Å². The Balaban J connectivity index is 2.53. The molecule has 0 spiro atoms. The Morgan fingerprint density at radius 3 is 2.92 bits per heavy atom. The van der Waals surface area contributed by atoms with Gasteiger partial charge in [0, 0.05) is 13.1 Å². The quantitative estimate of drug-likeness (QED) is 0.739. The van der Waals surface area contributed by atoms with Gasteiger partial charge in [0.25, 0.3) is 0 Å². The van der Waals surface area contributed by atoms with Crippen LogP contribution >= 0.6 is 11.3 Å². The summed E-state index contributed by atoms with van der Waals surface area (Å²) in [6, 6.07) is 0. The molecule has 5 heteroatoms. The van der Waals surface area contributed by atoms with Crippen molar-refractivity contribution in [2.45, 2.75) is 13.3 Å². The fourth-order valence-corrected chi connectivity index (χ4v) is 1.61. The standard InChI is InChI=1S/C7H13N3OS/c1-2-3-10(4-5-11)7-9-8-6-12-7/h6,11H,2-5H2,1H3. The molecule has 1 N–H and O–H groups in total. The first-order valence-corrected chi connectivity index (χ1v) is 4.88. The summed E-state index contributed by atoms with van der Waals surface area (Å²) < 4.78 is 0. The van der Waals surface area contributed by atoms with Crippen molar-refractivity contribution in [3.8, 4) is 0 Å². The monoisotopic (exact) mass is 187 g/mol. The summed E-state index contributed by atoms with van der Waals surface area (Å²) in [6.45, 7) is 3.84. The summed E-state index contributed by atoms with van der Waals surface area (Å²) in [5, 5.41) is 17.4. The zero-order valence-corrected chi connectivity index (χ0v) is 7.92. The number of rotatable bonds is 5. The van der Waals surface area contributed by atoms with E-state index in [-0.39, 0.29) is 6.61 Å². The summed E-state index contributed by atoms with van der Waals surface area (Å²) >= 11 is 1.50. The first-order valence-electron chi connectivity index (χ1n) is 4.00. The maximum absolute atomic E-state index is 8.78. The summed E-state index contributed by atoms with van der Waals surface area (Å²) in [4.78, 5) is 2.04. The second kappa shape index (κ2) is 5.05. The van der Waals surface area contributed by atoms with Crippen molar-refractivity contribution >= 4 is 16.5 Å². The largest absolute Gasteiger partial charge is 0.395 e. The van der Waals surface area contributed by atoms with Crippen molar-refractivity contribution in [2.75, 3.05) is 24.6 Å². The van der Waals surface area contributed by atoms with E-state index in [0.29, 0.717) is 6.54 Å². The van der Waals surface area contributed by atoms with Gasteiger partial charge in [-0.05, 0) is 6.42 Å². The van der Waals surface area contributed by atoms with E-state index in [9.17, 15) is 0 Å². The van der Waals surface area contributed by atoms with Crippen molar-refractivity contribution in [3.05, 3.63) is 5.51 Å². The van der Waals surface area contributed by atoms with E-state index < -0.39 is 0 Å². The lowest BCUT2D eigenvalue weighted by molar-refractivity contribution is 0.301. The fourth-order valence-electron chi connectivity index (χ4n) is 0.999. The van der Waals surface area contributed by atoms with E-state index in [1.165, 1.54) is 11.3 Å². The SMILES string of the molecule is CCCN(CCO)c1nncs1. The van der Waals surface area contributed by atoms with Gasteiger partial charge in [-0.15, -0.1) is 10.2 Å². The Kier molecular flexibility index (Phi) is 3.96. The molecule has 12 heavy (non-hydrogen) atoms. The minimum atomic E-state index is 0.166. The minimum Gasteiger partial charge on any atom is -0.395 e. The molecule has 0 aromatic carbocycles. The molecule has 0 aliphatic rings. The maximum Gasteiger partial charge on any atom is 0.208 e. The Morgan fingerprint density at radius 1 is 1.58 bits per heavy atom. The molecule has 0 bridgehead atoms. The number of aromatic nitrogens is 2. The van der Waals surface area contributed by atoms with Crippen molar-refractivity contribution < 1.29 is 5.11 Å². The molecule has 1 heterocycles. The zero-order valence-electron chi connectivity index (χ0n) is 7.10. The van der Waals surface area contributed by atoms with Gasteiger partial charge in [-0.2, -0.15) is 0 Å². The maximum atomic E-state index is 8.78. The second-order valence-electron chi connectivity index (χ2n) is 2.43. The molecule has 0 aliphatic heterocycles. The summed E-state index contributed by atoms with van der Waals surface area (Å²) in [6.07, 6.45) is 1.06. The highest BCUT2D eigenvalue weighted by atomic mass is 32.1. The van der Waals surface area contributed by atoms with Gasteiger partial charge in [0.1, 0.15) is 5.51 Å². The third kappa shape index (κ3) is 2.42. The average molecular weight is 187 g/mol. The van der Waals surface area contributed by atoms with Gasteiger partial charge in [0.05, 0.1) is 6.61 Å². The van der Waals surface area contributed by atoms with E-state index in [0.717, 1.165) is 18.1 Å². The molecule has 1 aromatic rings. The van der Waals surface area contributed by atoms with Crippen molar-refractivity contribution in [1.82, 2.24) is 10.2 Å². The molecule has 0 amide bonds. The highest BCUT2D eigenvalue weighted by Crippen LogP contribution is 2.14. The van der Waals surface area contributed by atoms with Crippen LogP contribution in [-0.2, 0) is 0 Å². The van der Waals surface area contributed by atoms with Crippen molar-refractivity contribution in [1.29, 1.82) is 0 Å². The molecule has 0 fully saturated rings. The Bertz CT molecular complexity index is 196. The van der Waals surface area contributed by atoms with Crippen LogP contribution in [0.25, 0.3) is 0 Å². The van der Waals surface area contributed by atoms with Crippen LogP contribution in [0.5, 0.6) is 0 Å². The normalized spacial score (nSPS) is 10.2. The Labute approximate surface area is 75.9 Å². The third-order valence-electron chi connectivity index (χ3n) is 1.48. The average Bonchev–Trinajstić information content (AvgIpc) is 2.56. The van der Waals surface area contributed by atoms with Crippen LogP contribution in [0, 0.1) is 0 Å². The van der Waals surface area contributed by atoms with Crippen LogP contribution < -0.4 is 4.90 Å². The van der Waals surface area contributed by atoms with E-state index in [1.807, 2.05) is 4.90 Å². The molecule has 1 rings (SSSR count). The van der Waals surface area contributed by atoms with Gasteiger partial charge in [0.15, 0.2) is 0 Å². The fraction of sp³-hybridized carbons (Fsp3) is 0.714. The van der Waals surface area contributed by atoms with Crippen LogP contribution in [0.3, 0.4) is 0 Å². The Hall–Kier alpha value is -0.680. The number of aliphatic hydroxyl groups is 1.